The summed E-state index contributed by atoms with van der Waals surface area (Å²) in [5.74, 6) is 1.45. The minimum atomic E-state index is -0.218. The van der Waals surface area contributed by atoms with Crippen molar-refractivity contribution in [2.75, 3.05) is 6.79 Å². The van der Waals surface area contributed by atoms with Crippen LogP contribution in [0.5, 0.6) is 11.5 Å². The number of hydrogen-bond donors (Lipinski definition) is 2. The summed E-state index contributed by atoms with van der Waals surface area (Å²) in [5.41, 5.74) is 1.96. The van der Waals surface area contributed by atoms with Crippen molar-refractivity contribution in [2.24, 2.45) is 0 Å². The summed E-state index contributed by atoms with van der Waals surface area (Å²) in [4.78, 5) is 15.7. The smallest absolute Gasteiger partial charge is 0.315 e. The van der Waals surface area contributed by atoms with Crippen LogP contribution in [0.1, 0.15) is 11.1 Å². The Hall–Kier alpha value is -2.76. The zero-order valence-corrected chi connectivity index (χ0v) is 11.3. The Morgan fingerprint density at radius 1 is 1.00 bits per heavy atom. The van der Waals surface area contributed by atoms with Gasteiger partial charge in [0.15, 0.2) is 11.5 Å². The number of carbonyl (C=O) groups is 1. The Morgan fingerprint density at radius 2 is 1.71 bits per heavy atom. The van der Waals surface area contributed by atoms with Gasteiger partial charge < -0.3 is 20.1 Å². The zero-order chi connectivity index (χ0) is 14.5. The van der Waals surface area contributed by atoms with Gasteiger partial charge in [0.25, 0.3) is 0 Å². The molecular formula is C15H15N3O3. The predicted octanol–water partition coefficient (Wildman–Crippen LogP) is 1.81. The van der Waals surface area contributed by atoms with Crippen LogP contribution in [0.4, 0.5) is 4.79 Å². The Bertz CT molecular complexity index is 631. The van der Waals surface area contributed by atoms with Gasteiger partial charge in [0, 0.05) is 25.5 Å². The largest absolute Gasteiger partial charge is 0.454 e. The van der Waals surface area contributed by atoms with E-state index in [0.29, 0.717) is 18.8 Å². The van der Waals surface area contributed by atoms with E-state index in [1.54, 1.807) is 12.4 Å². The molecule has 0 bridgehead atoms. The SMILES string of the molecule is O=C(NCc1ccncc1)NCc1ccc2c(c1)OCO2. The lowest BCUT2D eigenvalue weighted by atomic mass is 10.2. The first kappa shape index (κ1) is 13.2. The Morgan fingerprint density at radius 3 is 2.52 bits per heavy atom. The average molecular weight is 285 g/mol. The van der Waals surface area contributed by atoms with Gasteiger partial charge in [-0.05, 0) is 35.4 Å². The third-order valence-corrected chi connectivity index (χ3v) is 3.09. The lowest BCUT2D eigenvalue weighted by Crippen LogP contribution is -2.34. The van der Waals surface area contributed by atoms with E-state index in [-0.39, 0.29) is 12.8 Å². The number of amides is 2. The Balaban J connectivity index is 1.47. The van der Waals surface area contributed by atoms with E-state index in [0.717, 1.165) is 16.9 Å². The highest BCUT2D eigenvalue weighted by Crippen LogP contribution is 2.32. The van der Waals surface area contributed by atoms with Crippen molar-refractivity contribution >= 4 is 6.03 Å². The van der Waals surface area contributed by atoms with Crippen LogP contribution >= 0.6 is 0 Å². The molecule has 0 saturated heterocycles. The van der Waals surface area contributed by atoms with Crippen molar-refractivity contribution in [3.8, 4) is 11.5 Å². The molecule has 0 aliphatic carbocycles. The van der Waals surface area contributed by atoms with Gasteiger partial charge in [0.05, 0.1) is 0 Å². The number of aromatic nitrogens is 1. The fourth-order valence-electron chi connectivity index (χ4n) is 1.98. The highest BCUT2D eigenvalue weighted by atomic mass is 16.7. The van der Waals surface area contributed by atoms with Crippen LogP contribution in [0.25, 0.3) is 0 Å². The maximum Gasteiger partial charge on any atom is 0.315 e. The molecule has 21 heavy (non-hydrogen) atoms. The van der Waals surface area contributed by atoms with Gasteiger partial charge >= 0.3 is 6.03 Å². The van der Waals surface area contributed by atoms with Gasteiger partial charge in [0.2, 0.25) is 6.79 Å². The van der Waals surface area contributed by atoms with Crippen molar-refractivity contribution < 1.29 is 14.3 Å². The van der Waals surface area contributed by atoms with E-state index in [1.165, 1.54) is 0 Å². The molecular weight excluding hydrogens is 270 g/mol. The Labute approximate surface area is 122 Å². The van der Waals surface area contributed by atoms with Gasteiger partial charge in [-0.15, -0.1) is 0 Å². The molecule has 6 heteroatoms. The van der Waals surface area contributed by atoms with Crippen LogP contribution in [0, 0.1) is 0 Å². The van der Waals surface area contributed by atoms with E-state index in [2.05, 4.69) is 15.6 Å². The van der Waals surface area contributed by atoms with Gasteiger partial charge in [-0.2, -0.15) is 0 Å². The van der Waals surface area contributed by atoms with E-state index in [9.17, 15) is 4.79 Å². The number of fused-ring (bicyclic) bond motifs is 1. The Kier molecular flexibility index (Phi) is 3.86. The maximum absolute atomic E-state index is 11.7. The molecule has 1 aliphatic rings. The normalized spacial score (nSPS) is 12.0. The summed E-state index contributed by atoms with van der Waals surface area (Å²) in [6, 6.07) is 9.11. The summed E-state index contributed by atoms with van der Waals surface area (Å²) >= 11 is 0. The van der Waals surface area contributed by atoms with Crippen LogP contribution in [-0.2, 0) is 13.1 Å². The van der Waals surface area contributed by atoms with E-state index in [1.807, 2.05) is 30.3 Å². The van der Waals surface area contributed by atoms with Crippen LogP contribution < -0.4 is 20.1 Å². The van der Waals surface area contributed by atoms with Gasteiger partial charge in [-0.1, -0.05) is 6.07 Å². The topological polar surface area (TPSA) is 72.5 Å². The summed E-state index contributed by atoms with van der Waals surface area (Å²) in [5, 5.41) is 5.59. The van der Waals surface area contributed by atoms with Crippen molar-refractivity contribution in [1.29, 1.82) is 0 Å². The number of ether oxygens (including phenoxy) is 2. The predicted molar refractivity (Wildman–Crippen MR) is 75.9 cm³/mol. The number of rotatable bonds is 4. The van der Waals surface area contributed by atoms with Crippen LogP contribution in [0.2, 0.25) is 0 Å². The molecule has 2 N–H and O–H groups in total. The molecule has 0 unspecified atom stereocenters. The number of nitrogens with zero attached hydrogens (tertiary/aromatic N) is 1. The number of pyridine rings is 1. The zero-order valence-electron chi connectivity index (χ0n) is 11.3. The third kappa shape index (κ3) is 3.42. The molecule has 0 spiro atoms. The standard InChI is InChI=1S/C15H15N3O3/c19-15(17-8-11-3-5-16-6-4-11)18-9-12-1-2-13-14(7-12)21-10-20-13/h1-7H,8-10H2,(H2,17,18,19). The molecule has 1 aliphatic heterocycles. The molecule has 1 aromatic carbocycles. The van der Waals surface area contributed by atoms with E-state index in [4.69, 9.17) is 9.47 Å². The lowest BCUT2D eigenvalue weighted by molar-refractivity contribution is 0.174. The fourth-order valence-corrected chi connectivity index (χ4v) is 1.98. The molecule has 0 atom stereocenters. The van der Waals surface area contributed by atoms with Gasteiger partial charge in [-0.25, -0.2) is 4.79 Å². The first-order valence-corrected chi connectivity index (χ1v) is 6.60. The number of benzene rings is 1. The summed E-state index contributed by atoms with van der Waals surface area (Å²) < 4.78 is 10.5. The molecule has 2 amide bonds. The summed E-state index contributed by atoms with van der Waals surface area (Å²) in [6.45, 7) is 1.15. The molecule has 0 fully saturated rings. The first-order chi connectivity index (χ1) is 10.3. The minimum absolute atomic E-state index is 0.218. The molecule has 3 rings (SSSR count). The van der Waals surface area contributed by atoms with Crippen LogP contribution in [-0.4, -0.2) is 17.8 Å². The average Bonchev–Trinajstić information content (AvgIpc) is 2.99. The lowest BCUT2D eigenvalue weighted by Gasteiger charge is -2.08. The van der Waals surface area contributed by atoms with Crippen molar-refractivity contribution in [3.05, 3.63) is 53.9 Å². The van der Waals surface area contributed by atoms with E-state index >= 15 is 0 Å². The molecule has 2 heterocycles. The second-order valence-corrected chi connectivity index (χ2v) is 4.58. The van der Waals surface area contributed by atoms with Crippen molar-refractivity contribution in [2.45, 2.75) is 13.1 Å². The number of carbonyl (C=O) groups excluding carboxylic acids is 1. The van der Waals surface area contributed by atoms with E-state index < -0.39 is 0 Å². The minimum Gasteiger partial charge on any atom is -0.454 e. The van der Waals surface area contributed by atoms with Crippen LogP contribution in [0.15, 0.2) is 42.7 Å². The number of nitrogens with one attached hydrogen (secondary N) is 2. The quantitative estimate of drug-likeness (QED) is 0.898. The third-order valence-electron chi connectivity index (χ3n) is 3.09. The van der Waals surface area contributed by atoms with Crippen molar-refractivity contribution in [1.82, 2.24) is 15.6 Å². The second kappa shape index (κ2) is 6.13. The highest BCUT2D eigenvalue weighted by molar-refractivity contribution is 5.73. The van der Waals surface area contributed by atoms with Crippen LogP contribution in [0.3, 0.4) is 0 Å². The number of urea groups is 1. The summed E-state index contributed by atoms with van der Waals surface area (Å²) in [7, 11) is 0. The highest BCUT2D eigenvalue weighted by Gasteiger charge is 2.13. The molecule has 1 aromatic heterocycles. The molecule has 108 valence electrons. The molecule has 2 aromatic rings. The first-order valence-electron chi connectivity index (χ1n) is 6.60. The van der Waals surface area contributed by atoms with Crippen molar-refractivity contribution in [3.63, 3.8) is 0 Å². The van der Waals surface area contributed by atoms with Gasteiger partial charge in [0.1, 0.15) is 0 Å². The second-order valence-electron chi connectivity index (χ2n) is 4.58. The summed E-state index contributed by atoms with van der Waals surface area (Å²) in [6.07, 6.45) is 3.39. The monoisotopic (exact) mass is 285 g/mol. The molecule has 6 nitrogen and oxygen atoms in total. The number of hydrogen-bond acceptors (Lipinski definition) is 4. The maximum atomic E-state index is 11.7. The fraction of sp³-hybridized carbons (Fsp3) is 0.200. The van der Waals surface area contributed by atoms with Gasteiger partial charge in [-0.3, -0.25) is 4.98 Å². The molecule has 0 saturated carbocycles. The molecule has 0 radical (unpaired) electrons.